The van der Waals surface area contributed by atoms with Crippen molar-refractivity contribution in [2.75, 3.05) is 0 Å². The molecule has 0 unspecified atom stereocenters. The third kappa shape index (κ3) is 4.31. The molecule has 0 saturated carbocycles. The van der Waals surface area contributed by atoms with E-state index in [1.807, 2.05) is 18.2 Å². The number of para-hydroxylation sites is 1. The number of carboxylic acid groups (broad SMARTS) is 1. The molecule has 0 saturated heterocycles. The monoisotopic (exact) mass is 346 g/mol. The summed E-state index contributed by atoms with van der Waals surface area (Å²) in [5.41, 5.74) is -0.0671. The van der Waals surface area contributed by atoms with E-state index >= 15 is 0 Å². The Morgan fingerprint density at radius 2 is 1.42 bits per heavy atom. The van der Waals surface area contributed by atoms with Gasteiger partial charge in [-0.15, -0.1) is 0 Å². The summed E-state index contributed by atoms with van der Waals surface area (Å²) in [5, 5.41) is 19.0. The minimum atomic E-state index is -4.09. The summed E-state index contributed by atoms with van der Waals surface area (Å²) in [6.07, 6.45) is 0. The highest BCUT2D eigenvalue weighted by Gasteiger charge is 2.09. The fraction of sp³-hybridized carbons (Fsp3) is 0. The molecule has 6 nitrogen and oxygen atoms in total. The van der Waals surface area contributed by atoms with Crippen LogP contribution < -0.4 is 0 Å². The molecule has 3 N–H and O–H groups in total. The third-order valence-electron chi connectivity index (χ3n) is 3.15. The molecule has 0 bridgehead atoms. The Bertz CT molecular complexity index is 979. The van der Waals surface area contributed by atoms with Crippen LogP contribution in [0.5, 0.6) is 5.75 Å². The predicted octanol–water partition coefficient (Wildman–Crippen LogP) is 3.18. The molecule has 0 atom stereocenters. The van der Waals surface area contributed by atoms with Gasteiger partial charge in [0.05, 0.1) is 4.90 Å². The zero-order chi connectivity index (χ0) is 17.7. The van der Waals surface area contributed by atoms with Crippen LogP contribution in [0.1, 0.15) is 10.4 Å². The Balaban J connectivity index is 0.000000185. The lowest BCUT2D eigenvalue weighted by atomic mass is 10.1. The van der Waals surface area contributed by atoms with E-state index in [4.69, 9.17) is 14.8 Å². The summed E-state index contributed by atoms with van der Waals surface area (Å²) >= 11 is 0. The van der Waals surface area contributed by atoms with Crippen molar-refractivity contribution in [3.8, 4) is 5.75 Å². The van der Waals surface area contributed by atoms with Crippen LogP contribution in [0.25, 0.3) is 10.8 Å². The molecular weight excluding hydrogens is 332 g/mol. The van der Waals surface area contributed by atoms with Gasteiger partial charge < -0.3 is 10.2 Å². The lowest BCUT2D eigenvalue weighted by Gasteiger charge is -1.99. The van der Waals surface area contributed by atoms with Crippen LogP contribution in [0, 0.1) is 0 Å². The Kier molecular flexibility index (Phi) is 5.18. The topological polar surface area (TPSA) is 112 Å². The highest BCUT2D eigenvalue weighted by atomic mass is 32.2. The van der Waals surface area contributed by atoms with Crippen LogP contribution >= 0.6 is 0 Å². The molecule has 3 aromatic carbocycles. The number of hydrogen-bond acceptors (Lipinski definition) is 4. The number of carboxylic acids is 1. The molecule has 7 heteroatoms. The SMILES string of the molecule is O=C(O)c1ccccc1O.O=S(=O)(O)c1ccc2ccccc2c1. The van der Waals surface area contributed by atoms with Gasteiger partial charge in [0.2, 0.25) is 0 Å². The molecule has 0 spiro atoms. The third-order valence-corrected chi connectivity index (χ3v) is 4.00. The van der Waals surface area contributed by atoms with E-state index in [9.17, 15) is 13.2 Å². The van der Waals surface area contributed by atoms with Crippen molar-refractivity contribution in [3.05, 3.63) is 72.3 Å². The Morgan fingerprint density at radius 3 is 1.96 bits per heavy atom. The molecule has 0 amide bonds. The molecule has 0 aromatic heterocycles. The Morgan fingerprint density at radius 1 is 0.833 bits per heavy atom. The van der Waals surface area contributed by atoms with Gasteiger partial charge >= 0.3 is 5.97 Å². The van der Waals surface area contributed by atoms with Gasteiger partial charge in [0.1, 0.15) is 11.3 Å². The van der Waals surface area contributed by atoms with E-state index in [1.165, 1.54) is 24.3 Å². The van der Waals surface area contributed by atoms with Crippen LogP contribution in [0.15, 0.2) is 71.6 Å². The number of benzene rings is 3. The maximum absolute atomic E-state index is 10.8. The highest BCUT2D eigenvalue weighted by Crippen LogP contribution is 2.18. The zero-order valence-corrected chi connectivity index (χ0v) is 13.1. The Labute approximate surface area is 138 Å². The van der Waals surface area contributed by atoms with Gasteiger partial charge in [-0.2, -0.15) is 8.42 Å². The molecule has 3 rings (SSSR count). The van der Waals surface area contributed by atoms with Gasteiger partial charge in [0, 0.05) is 0 Å². The van der Waals surface area contributed by atoms with Gasteiger partial charge in [-0.05, 0) is 35.0 Å². The number of hydrogen-bond donors (Lipinski definition) is 3. The largest absolute Gasteiger partial charge is 0.507 e. The zero-order valence-electron chi connectivity index (χ0n) is 12.3. The van der Waals surface area contributed by atoms with Gasteiger partial charge in [0.25, 0.3) is 10.1 Å². The molecule has 124 valence electrons. The number of rotatable bonds is 2. The van der Waals surface area contributed by atoms with E-state index in [0.717, 1.165) is 10.8 Å². The van der Waals surface area contributed by atoms with Crippen LogP contribution in [-0.4, -0.2) is 29.2 Å². The first-order valence-corrected chi connectivity index (χ1v) is 8.20. The van der Waals surface area contributed by atoms with E-state index in [0.29, 0.717) is 0 Å². The van der Waals surface area contributed by atoms with E-state index < -0.39 is 16.1 Å². The fourth-order valence-corrected chi connectivity index (χ4v) is 2.50. The van der Waals surface area contributed by atoms with Crippen molar-refractivity contribution in [2.45, 2.75) is 4.90 Å². The second-order valence-corrected chi connectivity index (χ2v) is 6.23. The first kappa shape index (κ1) is 17.5. The quantitative estimate of drug-likeness (QED) is 0.614. The van der Waals surface area contributed by atoms with Gasteiger partial charge in [-0.3, -0.25) is 4.55 Å². The lowest BCUT2D eigenvalue weighted by Crippen LogP contribution is -1.97. The maximum atomic E-state index is 10.8. The van der Waals surface area contributed by atoms with Crippen molar-refractivity contribution in [1.29, 1.82) is 0 Å². The molecule has 0 aliphatic heterocycles. The van der Waals surface area contributed by atoms with E-state index in [-0.39, 0.29) is 16.2 Å². The average Bonchev–Trinajstić information content (AvgIpc) is 2.54. The van der Waals surface area contributed by atoms with Crippen LogP contribution in [0.3, 0.4) is 0 Å². The van der Waals surface area contributed by atoms with Gasteiger partial charge in [0.15, 0.2) is 0 Å². The highest BCUT2D eigenvalue weighted by molar-refractivity contribution is 7.85. The number of phenols is 1. The predicted molar refractivity (Wildman–Crippen MR) is 88.8 cm³/mol. The Hall–Kier alpha value is -2.90. The minimum Gasteiger partial charge on any atom is -0.507 e. The van der Waals surface area contributed by atoms with E-state index in [1.54, 1.807) is 24.3 Å². The minimum absolute atomic E-state index is 0.0671. The summed E-state index contributed by atoms with van der Waals surface area (Å²) in [5.74, 6) is -1.31. The number of aromatic carboxylic acids is 1. The number of aromatic hydroxyl groups is 1. The van der Waals surface area contributed by atoms with Crippen LogP contribution in [0.2, 0.25) is 0 Å². The first-order valence-electron chi connectivity index (χ1n) is 6.76. The molecule has 0 aliphatic rings. The second-order valence-electron chi connectivity index (χ2n) is 4.81. The van der Waals surface area contributed by atoms with Crippen molar-refractivity contribution in [2.24, 2.45) is 0 Å². The average molecular weight is 346 g/mol. The molecule has 0 radical (unpaired) electrons. The normalized spacial score (nSPS) is 10.7. The summed E-state index contributed by atoms with van der Waals surface area (Å²) in [6, 6.07) is 17.7. The van der Waals surface area contributed by atoms with Gasteiger partial charge in [-0.1, -0.05) is 42.5 Å². The molecular formula is C17H14O6S. The van der Waals surface area contributed by atoms with Crippen molar-refractivity contribution in [3.63, 3.8) is 0 Å². The number of fused-ring (bicyclic) bond motifs is 1. The van der Waals surface area contributed by atoms with E-state index in [2.05, 4.69) is 0 Å². The van der Waals surface area contributed by atoms with Crippen molar-refractivity contribution < 1.29 is 28.0 Å². The summed E-state index contributed by atoms with van der Waals surface area (Å²) < 4.78 is 30.5. The molecule has 0 fully saturated rings. The molecule has 0 aliphatic carbocycles. The fourth-order valence-electron chi connectivity index (χ4n) is 1.98. The summed E-state index contributed by atoms with van der Waals surface area (Å²) in [6.45, 7) is 0. The van der Waals surface area contributed by atoms with Crippen LogP contribution in [0.4, 0.5) is 0 Å². The molecule has 0 heterocycles. The van der Waals surface area contributed by atoms with Crippen molar-refractivity contribution in [1.82, 2.24) is 0 Å². The summed E-state index contributed by atoms with van der Waals surface area (Å²) in [4.78, 5) is 10.2. The smallest absolute Gasteiger partial charge is 0.339 e. The van der Waals surface area contributed by atoms with Gasteiger partial charge in [-0.25, -0.2) is 4.79 Å². The standard InChI is InChI=1S/C10H8O3S.C7H6O3/c11-14(12,13)10-6-5-8-3-1-2-4-9(8)7-10;8-6-4-2-1-3-5(6)7(9)10/h1-7H,(H,11,12,13);1-4,8H,(H,9,10). The second kappa shape index (κ2) is 7.12. The summed E-state index contributed by atoms with van der Waals surface area (Å²) in [7, 11) is -4.09. The maximum Gasteiger partial charge on any atom is 0.339 e. The molecule has 3 aromatic rings. The number of carbonyl (C=O) groups is 1. The first-order chi connectivity index (χ1) is 11.3. The van der Waals surface area contributed by atoms with Crippen LogP contribution in [-0.2, 0) is 10.1 Å². The molecule has 24 heavy (non-hydrogen) atoms. The lowest BCUT2D eigenvalue weighted by molar-refractivity contribution is 0.0693. The van der Waals surface area contributed by atoms with Crippen molar-refractivity contribution >= 4 is 26.9 Å².